The quantitative estimate of drug-likeness (QED) is 0.239. The van der Waals surface area contributed by atoms with E-state index >= 15 is 4.39 Å². The molecule has 2 aliphatic heterocycles. The lowest BCUT2D eigenvalue weighted by atomic mass is 9.96. The van der Waals surface area contributed by atoms with Gasteiger partial charge in [-0.05, 0) is 17.5 Å². The number of esters is 1. The zero-order valence-electron chi connectivity index (χ0n) is 15.6. The highest BCUT2D eigenvalue weighted by atomic mass is 19.1. The van der Waals surface area contributed by atoms with E-state index in [0.717, 1.165) is 0 Å². The first-order chi connectivity index (χ1) is 13.2. The summed E-state index contributed by atoms with van der Waals surface area (Å²) in [6.07, 6.45) is -2.04. The van der Waals surface area contributed by atoms with Crippen LogP contribution in [0.3, 0.4) is 0 Å². The molecule has 0 aliphatic carbocycles. The van der Waals surface area contributed by atoms with Gasteiger partial charge in [0.05, 0.1) is 13.2 Å². The second-order valence-corrected chi connectivity index (χ2v) is 6.87. The average molecular weight is 397 g/mol. The van der Waals surface area contributed by atoms with Crippen LogP contribution in [0.15, 0.2) is 34.8 Å². The van der Waals surface area contributed by atoms with Crippen LogP contribution in [0.4, 0.5) is 4.39 Å². The number of nitrogens with zero attached hydrogens (tertiary/aromatic N) is 5. The summed E-state index contributed by atoms with van der Waals surface area (Å²) >= 11 is 0. The van der Waals surface area contributed by atoms with E-state index in [1.54, 1.807) is 13.8 Å². The number of ether oxygens (including phenoxy) is 2. The molecule has 154 valence electrons. The van der Waals surface area contributed by atoms with Gasteiger partial charge in [-0.2, -0.15) is 0 Å². The molecule has 0 aromatic rings. The van der Waals surface area contributed by atoms with Crippen LogP contribution >= 0.6 is 0 Å². The van der Waals surface area contributed by atoms with Gasteiger partial charge in [0.25, 0.3) is 0 Å². The Hall–Kier alpha value is -2.66. The predicted octanol–water partition coefficient (Wildman–Crippen LogP) is 0.275. The standard InChI is InChI=1S/C16H24FN7O4/c1-8(2)12(19)15(26)27-13-11(17)14(24-5-4-10(18)22-9(24)3)28-16(13,7-25)6-21-23-20/h4-5,8,11-14,25H,3,6-7,19H2,1-2H3,(H2,18,22)/t11-,12?,13+,14-,16-/m1/s1. The van der Waals surface area contributed by atoms with Gasteiger partial charge >= 0.3 is 5.97 Å². The first-order valence-corrected chi connectivity index (χ1v) is 8.56. The number of carbonyl (C=O) groups is 1. The summed E-state index contributed by atoms with van der Waals surface area (Å²) in [6.45, 7) is 5.86. The van der Waals surface area contributed by atoms with Crippen molar-refractivity contribution in [2.45, 2.75) is 44.0 Å². The average Bonchev–Trinajstić information content (AvgIpc) is 2.92. The summed E-state index contributed by atoms with van der Waals surface area (Å²) < 4.78 is 26.3. The maximum absolute atomic E-state index is 15.4. The minimum Gasteiger partial charge on any atom is -0.455 e. The Bertz CT molecular complexity index is 737. The summed E-state index contributed by atoms with van der Waals surface area (Å²) in [4.78, 5) is 20.1. The molecule has 0 radical (unpaired) electrons. The second kappa shape index (κ2) is 8.57. The molecule has 0 bridgehead atoms. The molecule has 0 amide bonds. The van der Waals surface area contributed by atoms with Crippen molar-refractivity contribution in [2.75, 3.05) is 13.2 Å². The number of azide groups is 1. The van der Waals surface area contributed by atoms with Crippen LogP contribution < -0.4 is 11.5 Å². The number of aliphatic imine (C=N–C) groups is 1. The van der Waals surface area contributed by atoms with Crippen molar-refractivity contribution in [3.05, 3.63) is 35.1 Å². The smallest absolute Gasteiger partial charge is 0.323 e. The molecule has 1 unspecified atom stereocenters. The summed E-state index contributed by atoms with van der Waals surface area (Å²) in [5.41, 5.74) is 18.2. The molecule has 11 nitrogen and oxygen atoms in total. The summed E-state index contributed by atoms with van der Waals surface area (Å²) in [6, 6.07) is -1.00. The number of rotatable bonds is 7. The van der Waals surface area contributed by atoms with E-state index in [2.05, 4.69) is 21.6 Å². The van der Waals surface area contributed by atoms with E-state index in [0.29, 0.717) is 0 Å². The number of halogens is 1. The molecule has 5 atom stereocenters. The van der Waals surface area contributed by atoms with Gasteiger partial charge in [0.1, 0.15) is 23.3 Å². The number of hydrogen-bond donors (Lipinski definition) is 3. The van der Waals surface area contributed by atoms with Gasteiger partial charge in [-0.15, -0.1) is 0 Å². The molecule has 2 rings (SSSR count). The lowest BCUT2D eigenvalue weighted by molar-refractivity contribution is -0.169. The second-order valence-electron chi connectivity index (χ2n) is 6.87. The van der Waals surface area contributed by atoms with E-state index in [1.165, 1.54) is 17.2 Å². The topological polar surface area (TPSA) is 172 Å². The van der Waals surface area contributed by atoms with Crippen molar-refractivity contribution in [3.63, 3.8) is 0 Å². The third-order valence-corrected chi connectivity index (χ3v) is 4.57. The minimum absolute atomic E-state index is 0.0918. The molecular weight excluding hydrogens is 373 g/mol. The molecule has 0 aromatic heterocycles. The van der Waals surface area contributed by atoms with Crippen molar-refractivity contribution >= 4 is 11.8 Å². The Labute approximate surface area is 161 Å². The number of nitrogens with two attached hydrogens (primary N) is 2. The zero-order chi connectivity index (χ0) is 21.1. The number of aliphatic hydroxyl groups is 1. The lowest BCUT2D eigenvalue weighted by Crippen LogP contribution is -2.52. The van der Waals surface area contributed by atoms with Crippen LogP contribution in [-0.4, -0.2) is 65.1 Å². The van der Waals surface area contributed by atoms with Crippen molar-refractivity contribution < 1.29 is 23.8 Å². The first-order valence-electron chi connectivity index (χ1n) is 8.56. The first kappa shape index (κ1) is 21.6. The van der Waals surface area contributed by atoms with Crippen molar-refractivity contribution in [1.29, 1.82) is 0 Å². The Balaban J connectivity index is 2.35. The third-order valence-electron chi connectivity index (χ3n) is 4.57. The molecular formula is C16H24FN7O4. The van der Waals surface area contributed by atoms with Gasteiger partial charge in [-0.25, -0.2) is 9.38 Å². The molecule has 2 aliphatic rings. The lowest BCUT2D eigenvalue weighted by Gasteiger charge is -2.32. The monoisotopic (exact) mass is 397 g/mol. The summed E-state index contributed by atoms with van der Waals surface area (Å²) in [7, 11) is 0. The zero-order valence-corrected chi connectivity index (χ0v) is 15.6. The largest absolute Gasteiger partial charge is 0.455 e. The number of amidine groups is 1. The number of aliphatic hydroxyl groups excluding tert-OH is 1. The van der Waals surface area contributed by atoms with Crippen LogP contribution in [0.25, 0.3) is 10.4 Å². The Morgan fingerprint density at radius 1 is 1.68 bits per heavy atom. The molecule has 0 spiro atoms. The fourth-order valence-corrected chi connectivity index (χ4v) is 2.84. The van der Waals surface area contributed by atoms with E-state index < -0.39 is 49.3 Å². The molecule has 1 fully saturated rings. The van der Waals surface area contributed by atoms with E-state index in [4.69, 9.17) is 26.5 Å². The molecule has 1 saturated heterocycles. The van der Waals surface area contributed by atoms with Gasteiger partial charge in [0.2, 0.25) is 0 Å². The van der Waals surface area contributed by atoms with E-state index in [-0.39, 0.29) is 17.6 Å². The molecule has 5 N–H and O–H groups in total. The Morgan fingerprint density at radius 3 is 2.89 bits per heavy atom. The summed E-state index contributed by atoms with van der Waals surface area (Å²) in [5, 5.41) is 13.3. The van der Waals surface area contributed by atoms with E-state index in [9.17, 15) is 9.90 Å². The van der Waals surface area contributed by atoms with Gasteiger partial charge in [-0.1, -0.05) is 25.5 Å². The highest BCUT2D eigenvalue weighted by Gasteiger charge is 2.59. The minimum atomic E-state index is -1.93. The van der Waals surface area contributed by atoms with Crippen molar-refractivity contribution in [2.24, 2.45) is 27.5 Å². The van der Waals surface area contributed by atoms with Crippen LogP contribution in [0, 0.1) is 5.92 Å². The molecule has 0 aromatic carbocycles. The fraction of sp³-hybridized carbons (Fsp3) is 0.625. The Morgan fingerprint density at radius 2 is 2.36 bits per heavy atom. The van der Waals surface area contributed by atoms with Crippen LogP contribution in [0.1, 0.15) is 13.8 Å². The SMILES string of the molecule is C=C1N=C(N)C=CN1[C@@H]1O[C@@](CO)(CN=[N+]=[N-])[C@@H](OC(=O)C(N)C(C)C)[C@H]1F. The highest BCUT2D eigenvalue weighted by molar-refractivity contribution is 5.92. The molecule has 0 saturated carbocycles. The molecule has 28 heavy (non-hydrogen) atoms. The number of alkyl halides is 1. The maximum Gasteiger partial charge on any atom is 0.323 e. The van der Waals surface area contributed by atoms with Gasteiger partial charge in [-0.3, -0.25) is 4.79 Å². The normalized spacial score (nSPS) is 30.8. The third kappa shape index (κ3) is 4.09. The van der Waals surface area contributed by atoms with Gasteiger partial charge < -0.3 is 30.9 Å². The summed E-state index contributed by atoms with van der Waals surface area (Å²) in [5.74, 6) is -0.857. The maximum atomic E-state index is 15.4. The molecule has 2 heterocycles. The molecule has 12 heteroatoms. The fourth-order valence-electron chi connectivity index (χ4n) is 2.84. The van der Waals surface area contributed by atoms with E-state index in [1.807, 2.05) is 0 Å². The highest BCUT2D eigenvalue weighted by Crippen LogP contribution is 2.39. The van der Waals surface area contributed by atoms with Crippen LogP contribution in [0.2, 0.25) is 0 Å². The van der Waals surface area contributed by atoms with Crippen LogP contribution in [0.5, 0.6) is 0 Å². The Kier molecular flexibility index (Phi) is 6.62. The number of carbonyl (C=O) groups excluding carboxylic acids is 1. The van der Waals surface area contributed by atoms with Gasteiger partial charge in [0, 0.05) is 11.1 Å². The van der Waals surface area contributed by atoms with Crippen LogP contribution in [-0.2, 0) is 14.3 Å². The van der Waals surface area contributed by atoms with Crippen molar-refractivity contribution in [3.8, 4) is 0 Å². The van der Waals surface area contributed by atoms with Gasteiger partial charge in [0.15, 0.2) is 18.5 Å². The number of hydrogen-bond acceptors (Lipinski definition) is 9. The predicted molar refractivity (Wildman–Crippen MR) is 98.0 cm³/mol. The van der Waals surface area contributed by atoms with Crippen molar-refractivity contribution in [1.82, 2.24) is 4.90 Å².